The highest BCUT2D eigenvalue weighted by Gasteiger charge is 2.49. The second-order valence-corrected chi connectivity index (χ2v) is 20.1. The molecule has 1 aliphatic heterocycles. The molecule has 0 unspecified atom stereocenters. The third kappa shape index (κ3) is 3.33. The van der Waals surface area contributed by atoms with Crippen LogP contribution >= 0.6 is 0 Å². The minimum absolute atomic E-state index is 0.485. The topological polar surface area (TPSA) is 18.5 Å². The average Bonchev–Trinajstić information content (AvgIpc) is 1.94. The van der Waals surface area contributed by atoms with Gasteiger partial charge in [-0.15, -0.1) is 0 Å². The van der Waals surface area contributed by atoms with Gasteiger partial charge in [0.1, 0.15) is 0 Å². The zero-order valence-electron chi connectivity index (χ0n) is 12.9. The Hall–Kier alpha value is 0.151. The van der Waals surface area contributed by atoms with E-state index in [4.69, 9.17) is 8.54 Å². The summed E-state index contributed by atoms with van der Waals surface area (Å²) in [6, 6.07) is 0. The summed E-state index contributed by atoms with van der Waals surface area (Å²) in [4.78, 5) is 1.59. The lowest BCUT2D eigenvalue weighted by atomic mass is 10.2. The standard InChI is InChI=1S/C12H28O2Si3/c1-10(2)11-12(15(3,4)5)16(6,7)14-17(8,9)13-11/h10H,1-9H3. The molecule has 0 bridgehead atoms. The van der Waals surface area contributed by atoms with E-state index in [2.05, 4.69) is 59.7 Å². The third-order valence-electron chi connectivity index (χ3n) is 2.98. The molecule has 0 amide bonds. The quantitative estimate of drug-likeness (QED) is 0.707. The molecular weight excluding hydrogens is 260 g/mol. The first kappa shape index (κ1) is 15.2. The Balaban J connectivity index is 3.41. The summed E-state index contributed by atoms with van der Waals surface area (Å²) in [6.45, 7) is 20.8. The van der Waals surface area contributed by atoms with E-state index >= 15 is 0 Å². The van der Waals surface area contributed by atoms with Gasteiger partial charge in [-0.25, -0.2) is 0 Å². The largest absolute Gasteiger partial charge is 0.525 e. The SMILES string of the molecule is CC(C)C1=C([Si](C)(C)C)[Si](C)(C)O[Si](C)(C)O1. The first-order chi connectivity index (χ1) is 7.37. The van der Waals surface area contributed by atoms with E-state index in [0.29, 0.717) is 5.92 Å². The van der Waals surface area contributed by atoms with Crippen LogP contribution in [0.25, 0.3) is 0 Å². The van der Waals surface area contributed by atoms with Crippen LogP contribution in [0.1, 0.15) is 13.8 Å². The van der Waals surface area contributed by atoms with Gasteiger partial charge in [0.05, 0.1) is 13.8 Å². The van der Waals surface area contributed by atoms with Gasteiger partial charge < -0.3 is 8.54 Å². The van der Waals surface area contributed by atoms with Gasteiger partial charge in [0.25, 0.3) is 0 Å². The van der Waals surface area contributed by atoms with E-state index in [1.807, 2.05) is 0 Å². The molecule has 17 heavy (non-hydrogen) atoms. The zero-order valence-corrected chi connectivity index (χ0v) is 15.9. The minimum atomic E-state index is -1.95. The molecule has 0 aromatic rings. The highest BCUT2D eigenvalue weighted by atomic mass is 28.5. The maximum Gasteiger partial charge on any atom is 0.382 e. The summed E-state index contributed by atoms with van der Waals surface area (Å²) in [5, 5.41) is 0. The van der Waals surface area contributed by atoms with Crippen molar-refractivity contribution in [3.63, 3.8) is 0 Å². The molecule has 0 aliphatic carbocycles. The Morgan fingerprint density at radius 2 is 1.47 bits per heavy atom. The van der Waals surface area contributed by atoms with Crippen LogP contribution in [-0.4, -0.2) is 25.0 Å². The molecule has 1 heterocycles. The van der Waals surface area contributed by atoms with E-state index in [9.17, 15) is 0 Å². The number of hydrogen-bond donors (Lipinski definition) is 0. The fourth-order valence-electron chi connectivity index (χ4n) is 2.98. The molecule has 0 saturated heterocycles. The highest BCUT2D eigenvalue weighted by molar-refractivity contribution is 7.05. The van der Waals surface area contributed by atoms with Crippen LogP contribution in [0.15, 0.2) is 10.6 Å². The molecule has 0 saturated carbocycles. The fourth-order valence-corrected chi connectivity index (χ4v) is 19.2. The lowest BCUT2D eigenvalue weighted by Crippen LogP contribution is -2.57. The van der Waals surface area contributed by atoms with Crippen molar-refractivity contribution in [2.45, 2.75) is 59.7 Å². The summed E-state index contributed by atoms with van der Waals surface area (Å²) in [6.07, 6.45) is 0. The first-order valence-corrected chi connectivity index (χ1v) is 15.7. The van der Waals surface area contributed by atoms with Gasteiger partial charge in [-0.1, -0.05) is 33.5 Å². The molecule has 5 heteroatoms. The van der Waals surface area contributed by atoms with Crippen LogP contribution in [0.3, 0.4) is 0 Å². The van der Waals surface area contributed by atoms with Crippen molar-refractivity contribution >= 4 is 25.0 Å². The molecule has 0 atom stereocenters. The van der Waals surface area contributed by atoms with Gasteiger partial charge in [0, 0.05) is 5.92 Å². The summed E-state index contributed by atoms with van der Waals surface area (Å²) in [7, 11) is -5.05. The van der Waals surface area contributed by atoms with Crippen LogP contribution in [-0.2, 0) is 8.54 Å². The lowest BCUT2D eigenvalue weighted by molar-refractivity contribution is 0.274. The van der Waals surface area contributed by atoms with Crippen molar-refractivity contribution in [2.75, 3.05) is 0 Å². The van der Waals surface area contributed by atoms with Crippen LogP contribution < -0.4 is 0 Å². The van der Waals surface area contributed by atoms with Gasteiger partial charge in [-0.05, 0) is 31.0 Å². The third-order valence-corrected chi connectivity index (χ3v) is 15.0. The Kier molecular flexibility index (Phi) is 3.90. The minimum Gasteiger partial charge on any atom is -0.525 e. The van der Waals surface area contributed by atoms with Crippen LogP contribution in [0, 0.1) is 5.92 Å². The predicted molar refractivity (Wildman–Crippen MR) is 82.3 cm³/mol. The Morgan fingerprint density at radius 3 is 1.82 bits per heavy atom. The van der Waals surface area contributed by atoms with Gasteiger partial charge in [0.2, 0.25) is 8.32 Å². The summed E-state index contributed by atoms with van der Waals surface area (Å²) >= 11 is 0. The van der Waals surface area contributed by atoms with Crippen LogP contribution in [0.4, 0.5) is 0 Å². The molecule has 0 spiro atoms. The molecule has 0 fully saturated rings. The fraction of sp³-hybridized carbons (Fsp3) is 0.833. The van der Waals surface area contributed by atoms with E-state index in [-0.39, 0.29) is 0 Å². The van der Waals surface area contributed by atoms with Crippen molar-refractivity contribution in [3.8, 4) is 0 Å². The van der Waals surface area contributed by atoms with Gasteiger partial charge >= 0.3 is 8.56 Å². The van der Waals surface area contributed by atoms with Crippen molar-refractivity contribution in [1.29, 1.82) is 0 Å². The van der Waals surface area contributed by atoms with Gasteiger partial charge in [-0.3, -0.25) is 0 Å². The molecule has 1 rings (SSSR count). The molecule has 0 aromatic carbocycles. The van der Waals surface area contributed by atoms with Crippen molar-refractivity contribution in [1.82, 2.24) is 0 Å². The Labute approximate surface area is 110 Å². The van der Waals surface area contributed by atoms with E-state index in [0.717, 1.165) is 0 Å². The van der Waals surface area contributed by atoms with Crippen LogP contribution in [0.5, 0.6) is 0 Å². The van der Waals surface area contributed by atoms with Crippen LogP contribution in [0.2, 0.25) is 45.8 Å². The van der Waals surface area contributed by atoms with E-state index in [1.54, 1.807) is 4.82 Å². The average molecular weight is 289 g/mol. The van der Waals surface area contributed by atoms with E-state index < -0.39 is 25.0 Å². The first-order valence-electron chi connectivity index (χ1n) is 6.51. The predicted octanol–water partition coefficient (Wildman–Crippen LogP) is 4.27. The van der Waals surface area contributed by atoms with E-state index in [1.165, 1.54) is 5.76 Å². The summed E-state index contributed by atoms with van der Waals surface area (Å²) < 4.78 is 12.7. The molecule has 1 aliphatic rings. The number of rotatable bonds is 2. The second kappa shape index (κ2) is 4.36. The molecular formula is C12H28O2Si3. The molecule has 0 N–H and O–H groups in total. The Bertz CT molecular complexity index is 338. The molecule has 0 aromatic heterocycles. The van der Waals surface area contributed by atoms with Gasteiger partial charge in [-0.2, -0.15) is 0 Å². The monoisotopic (exact) mass is 288 g/mol. The normalized spacial score (nSPS) is 23.9. The molecule has 100 valence electrons. The smallest absolute Gasteiger partial charge is 0.382 e. The summed E-state index contributed by atoms with van der Waals surface area (Å²) in [5.74, 6) is 1.77. The number of hydrogen-bond acceptors (Lipinski definition) is 2. The molecule has 0 radical (unpaired) electrons. The summed E-state index contributed by atoms with van der Waals surface area (Å²) in [5.41, 5.74) is 0. The zero-order chi connectivity index (χ0) is 13.6. The highest BCUT2D eigenvalue weighted by Crippen LogP contribution is 2.39. The van der Waals surface area contributed by atoms with Crippen molar-refractivity contribution < 1.29 is 8.54 Å². The van der Waals surface area contributed by atoms with Crippen molar-refractivity contribution in [3.05, 3.63) is 10.6 Å². The Morgan fingerprint density at radius 1 is 1.00 bits per heavy atom. The molecule has 2 nitrogen and oxygen atoms in total. The second-order valence-electron chi connectivity index (χ2n) is 7.26. The van der Waals surface area contributed by atoms with Gasteiger partial charge in [0.15, 0.2) is 0 Å². The lowest BCUT2D eigenvalue weighted by Gasteiger charge is -2.46. The maximum absolute atomic E-state index is 6.41. The maximum atomic E-state index is 6.41. The van der Waals surface area contributed by atoms with Crippen molar-refractivity contribution in [2.24, 2.45) is 5.92 Å². The number of allylic oxidation sites excluding steroid dienone is 1.